The van der Waals surface area contributed by atoms with Crippen LogP contribution in [-0.2, 0) is 0 Å². The summed E-state index contributed by atoms with van der Waals surface area (Å²) in [6, 6.07) is 8.43. The summed E-state index contributed by atoms with van der Waals surface area (Å²) in [5.41, 5.74) is 2.03. The monoisotopic (exact) mass is 221 g/mol. The maximum atomic E-state index is 9.69. The zero-order chi connectivity index (χ0) is 12.1. The van der Waals surface area contributed by atoms with E-state index in [1.165, 1.54) is 0 Å². The van der Waals surface area contributed by atoms with Crippen molar-refractivity contribution in [2.75, 3.05) is 5.32 Å². The van der Waals surface area contributed by atoms with Gasteiger partial charge in [-0.15, -0.1) is 0 Å². The summed E-state index contributed by atoms with van der Waals surface area (Å²) in [5.74, 6) is 0.590. The lowest BCUT2D eigenvalue weighted by molar-refractivity contribution is 0.200. The van der Waals surface area contributed by atoms with Gasteiger partial charge in [-0.3, -0.25) is 0 Å². The summed E-state index contributed by atoms with van der Waals surface area (Å²) in [7, 11) is 0. The van der Waals surface area contributed by atoms with Gasteiger partial charge in [0, 0.05) is 17.3 Å². The molecule has 0 fully saturated rings. The second-order valence-electron chi connectivity index (χ2n) is 4.67. The number of anilines is 1. The molecule has 0 saturated heterocycles. The van der Waals surface area contributed by atoms with Crippen LogP contribution in [0.1, 0.15) is 45.8 Å². The molecular formula is C14H23NO. The molecule has 0 radical (unpaired) electrons. The lowest BCUT2D eigenvalue weighted by Gasteiger charge is -2.24. The number of aliphatic hydroxyl groups is 1. The number of hydrogen-bond donors (Lipinski definition) is 2. The standard InChI is InChI=1S/C14H23NO/c1-5-13(10(2)3)15-14-9-7-6-8-12(14)11(4)16/h6-11,13,15-16H,5H2,1-4H3. The molecule has 0 saturated carbocycles. The zero-order valence-corrected chi connectivity index (χ0v) is 10.7. The van der Waals surface area contributed by atoms with Gasteiger partial charge in [0.15, 0.2) is 0 Å². The topological polar surface area (TPSA) is 32.3 Å². The maximum Gasteiger partial charge on any atom is 0.0781 e. The number of aliphatic hydroxyl groups excluding tert-OH is 1. The second-order valence-corrected chi connectivity index (χ2v) is 4.67. The van der Waals surface area contributed by atoms with Gasteiger partial charge in [0.05, 0.1) is 6.10 Å². The van der Waals surface area contributed by atoms with Gasteiger partial charge in [-0.25, -0.2) is 0 Å². The first-order valence-corrected chi connectivity index (χ1v) is 6.09. The van der Waals surface area contributed by atoms with Crippen molar-refractivity contribution < 1.29 is 5.11 Å². The van der Waals surface area contributed by atoms with E-state index in [1.54, 1.807) is 6.92 Å². The SMILES string of the molecule is CCC(Nc1ccccc1C(C)O)C(C)C. The normalized spacial score (nSPS) is 14.9. The van der Waals surface area contributed by atoms with E-state index < -0.39 is 6.10 Å². The van der Waals surface area contributed by atoms with Crippen molar-refractivity contribution in [1.29, 1.82) is 0 Å². The van der Waals surface area contributed by atoms with E-state index >= 15 is 0 Å². The van der Waals surface area contributed by atoms with Crippen molar-refractivity contribution in [1.82, 2.24) is 0 Å². The minimum Gasteiger partial charge on any atom is -0.389 e. The Kier molecular flexibility index (Phi) is 4.81. The lowest BCUT2D eigenvalue weighted by atomic mass is 10.00. The molecule has 0 aliphatic carbocycles. The first-order chi connectivity index (χ1) is 7.56. The van der Waals surface area contributed by atoms with Crippen LogP contribution in [0.3, 0.4) is 0 Å². The fourth-order valence-corrected chi connectivity index (χ4v) is 1.93. The van der Waals surface area contributed by atoms with E-state index in [0.717, 1.165) is 17.7 Å². The van der Waals surface area contributed by atoms with Crippen LogP contribution in [0.15, 0.2) is 24.3 Å². The molecule has 0 amide bonds. The third kappa shape index (κ3) is 3.24. The van der Waals surface area contributed by atoms with E-state index in [4.69, 9.17) is 0 Å². The first kappa shape index (κ1) is 13.0. The summed E-state index contributed by atoms with van der Waals surface area (Å²) < 4.78 is 0. The van der Waals surface area contributed by atoms with Crippen LogP contribution in [0.4, 0.5) is 5.69 Å². The number of benzene rings is 1. The highest BCUT2D eigenvalue weighted by atomic mass is 16.3. The quantitative estimate of drug-likeness (QED) is 0.796. The Morgan fingerprint density at radius 2 is 1.81 bits per heavy atom. The molecule has 0 aliphatic heterocycles. The van der Waals surface area contributed by atoms with Crippen molar-refractivity contribution in [2.24, 2.45) is 5.92 Å². The van der Waals surface area contributed by atoms with Crippen LogP contribution in [0, 0.1) is 5.92 Å². The highest BCUT2D eigenvalue weighted by molar-refractivity contribution is 5.52. The molecule has 0 heterocycles. The Labute approximate surface area is 98.7 Å². The molecule has 1 rings (SSSR count). The largest absolute Gasteiger partial charge is 0.389 e. The van der Waals surface area contributed by atoms with Crippen molar-refractivity contribution in [3.05, 3.63) is 29.8 Å². The van der Waals surface area contributed by atoms with E-state index in [2.05, 4.69) is 26.1 Å². The van der Waals surface area contributed by atoms with Crippen LogP contribution in [-0.4, -0.2) is 11.1 Å². The van der Waals surface area contributed by atoms with Crippen molar-refractivity contribution in [3.8, 4) is 0 Å². The predicted molar refractivity (Wildman–Crippen MR) is 69.6 cm³/mol. The third-order valence-electron chi connectivity index (χ3n) is 3.00. The smallest absolute Gasteiger partial charge is 0.0781 e. The molecular weight excluding hydrogens is 198 g/mol. The Balaban J connectivity index is 2.87. The molecule has 1 aromatic carbocycles. The Bertz CT molecular complexity index is 320. The summed E-state index contributed by atoms with van der Waals surface area (Å²) in [6.07, 6.45) is 0.666. The maximum absolute atomic E-state index is 9.69. The summed E-state index contributed by atoms with van der Waals surface area (Å²) in [6.45, 7) is 8.41. The molecule has 2 atom stereocenters. The summed E-state index contributed by atoms with van der Waals surface area (Å²) >= 11 is 0. The van der Waals surface area contributed by atoms with Gasteiger partial charge in [-0.2, -0.15) is 0 Å². The van der Waals surface area contributed by atoms with Crippen LogP contribution < -0.4 is 5.32 Å². The average molecular weight is 221 g/mol. The minimum atomic E-state index is -0.423. The Morgan fingerprint density at radius 1 is 1.19 bits per heavy atom. The average Bonchev–Trinajstić information content (AvgIpc) is 2.25. The molecule has 2 N–H and O–H groups in total. The van der Waals surface area contributed by atoms with Crippen molar-refractivity contribution >= 4 is 5.69 Å². The van der Waals surface area contributed by atoms with E-state index in [1.807, 2.05) is 24.3 Å². The van der Waals surface area contributed by atoms with Crippen molar-refractivity contribution in [2.45, 2.75) is 46.3 Å². The first-order valence-electron chi connectivity index (χ1n) is 6.09. The highest BCUT2D eigenvalue weighted by Crippen LogP contribution is 2.24. The number of para-hydroxylation sites is 1. The Hall–Kier alpha value is -1.02. The number of rotatable bonds is 5. The molecule has 0 spiro atoms. The molecule has 2 nitrogen and oxygen atoms in total. The lowest BCUT2D eigenvalue weighted by Crippen LogP contribution is -2.25. The fraction of sp³-hybridized carbons (Fsp3) is 0.571. The van der Waals surface area contributed by atoms with E-state index in [9.17, 15) is 5.11 Å². The van der Waals surface area contributed by atoms with Crippen LogP contribution in [0.25, 0.3) is 0 Å². The van der Waals surface area contributed by atoms with Crippen molar-refractivity contribution in [3.63, 3.8) is 0 Å². The zero-order valence-electron chi connectivity index (χ0n) is 10.7. The van der Waals surface area contributed by atoms with Gasteiger partial charge in [0.1, 0.15) is 0 Å². The van der Waals surface area contributed by atoms with Crippen LogP contribution in [0.5, 0.6) is 0 Å². The van der Waals surface area contributed by atoms with Crippen LogP contribution >= 0.6 is 0 Å². The molecule has 0 bridgehead atoms. The van der Waals surface area contributed by atoms with Gasteiger partial charge in [0.2, 0.25) is 0 Å². The van der Waals surface area contributed by atoms with Crippen LogP contribution in [0.2, 0.25) is 0 Å². The molecule has 16 heavy (non-hydrogen) atoms. The number of nitrogens with one attached hydrogen (secondary N) is 1. The predicted octanol–water partition coefficient (Wildman–Crippen LogP) is 3.59. The summed E-state index contributed by atoms with van der Waals surface area (Å²) in [4.78, 5) is 0. The van der Waals surface area contributed by atoms with E-state index in [-0.39, 0.29) is 0 Å². The highest BCUT2D eigenvalue weighted by Gasteiger charge is 2.13. The summed E-state index contributed by atoms with van der Waals surface area (Å²) in [5, 5.41) is 13.2. The Morgan fingerprint density at radius 3 is 2.31 bits per heavy atom. The third-order valence-corrected chi connectivity index (χ3v) is 3.00. The van der Waals surface area contributed by atoms with Gasteiger partial charge < -0.3 is 10.4 Å². The van der Waals surface area contributed by atoms with Gasteiger partial charge in [-0.1, -0.05) is 39.0 Å². The molecule has 2 heteroatoms. The van der Waals surface area contributed by atoms with E-state index in [0.29, 0.717) is 12.0 Å². The fourth-order valence-electron chi connectivity index (χ4n) is 1.93. The molecule has 1 aromatic rings. The molecule has 0 aliphatic rings. The second kappa shape index (κ2) is 5.90. The molecule has 2 unspecified atom stereocenters. The van der Waals surface area contributed by atoms with Gasteiger partial charge >= 0.3 is 0 Å². The minimum absolute atomic E-state index is 0.423. The van der Waals surface area contributed by atoms with Gasteiger partial charge in [-0.05, 0) is 25.3 Å². The molecule has 90 valence electrons. The van der Waals surface area contributed by atoms with Gasteiger partial charge in [0.25, 0.3) is 0 Å². The molecule has 0 aromatic heterocycles. The number of hydrogen-bond acceptors (Lipinski definition) is 2.